The molecular formula is C19H26N4S. The summed E-state index contributed by atoms with van der Waals surface area (Å²) >= 11 is 1.55. The smallest absolute Gasteiger partial charge is 0.205 e. The lowest BCUT2D eigenvalue weighted by atomic mass is 10.0. The fourth-order valence-electron chi connectivity index (χ4n) is 3.94. The highest BCUT2D eigenvalue weighted by molar-refractivity contribution is 7.09. The fraction of sp³-hybridized carbons (Fsp3) is 0.579. The van der Waals surface area contributed by atoms with E-state index in [1.165, 1.54) is 51.6 Å². The zero-order valence-corrected chi connectivity index (χ0v) is 15.0. The van der Waals surface area contributed by atoms with Gasteiger partial charge in [0.1, 0.15) is 0 Å². The van der Waals surface area contributed by atoms with Crippen molar-refractivity contribution < 1.29 is 0 Å². The van der Waals surface area contributed by atoms with Gasteiger partial charge in [-0.2, -0.15) is 9.36 Å². The van der Waals surface area contributed by atoms with Gasteiger partial charge < -0.3 is 4.90 Å². The van der Waals surface area contributed by atoms with Gasteiger partial charge in [-0.3, -0.25) is 4.90 Å². The lowest BCUT2D eigenvalue weighted by Gasteiger charge is -2.38. The second kappa shape index (κ2) is 7.62. The molecule has 1 aromatic carbocycles. The molecule has 1 unspecified atom stereocenters. The van der Waals surface area contributed by atoms with Crippen LogP contribution in [-0.2, 0) is 0 Å². The Morgan fingerprint density at radius 3 is 2.50 bits per heavy atom. The summed E-state index contributed by atoms with van der Waals surface area (Å²) in [6.07, 6.45) is 8.15. The highest BCUT2D eigenvalue weighted by atomic mass is 32.1. The van der Waals surface area contributed by atoms with Crippen molar-refractivity contribution in [2.75, 3.05) is 31.1 Å². The molecule has 2 aliphatic rings. The minimum absolute atomic E-state index is 0.695. The molecule has 1 atom stereocenters. The zero-order valence-electron chi connectivity index (χ0n) is 14.2. The number of benzene rings is 1. The summed E-state index contributed by atoms with van der Waals surface area (Å²) in [5.41, 5.74) is 1.11. The van der Waals surface area contributed by atoms with Crippen LogP contribution in [0.25, 0.3) is 11.4 Å². The van der Waals surface area contributed by atoms with E-state index in [2.05, 4.69) is 26.3 Å². The van der Waals surface area contributed by atoms with Crippen LogP contribution in [0, 0.1) is 0 Å². The van der Waals surface area contributed by atoms with E-state index in [1.807, 2.05) is 18.2 Å². The molecule has 0 N–H and O–H groups in total. The Morgan fingerprint density at radius 2 is 1.71 bits per heavy atom. The maximum absolute atomic E-state index is 4.82. The third-order valence-corrected chi connectivity index (χ3v) is 6.05. The van der Waals surface area contributed by atoms with Crippen molar-refractivity contribution >= 4 is 16.7 Å². The van der Waals surface area contributed by atoms with E-state index in [9.17, 15) is 0 Å². The third-order valence-electron chi connectivity index (χ3n) is 5.27. The summed E-state index contributed by atoms with van der Waals surface area (Å²) in [6.45, 7) is 4.80. The van der Waals surface area contributed by atoms with Gasteiger partial charge in [-0.05, 0) is 38.8 Å². The Hall–Kier alpha value is -1.46. The second-order valence-electron chi connectivity index (χ2n) is 6.96. The maximum Gasteiger partial charge on any atom is 0.205 e. The first-order chi connectivity index (χ1) is 11.9. The highest BCUT2D eigenvalue weighted by Crippen LogP contribution is 2.28. The van der Waals surface area contributed by atoms with Crippen molar-refractivity contribution in [3.05, 3.63) is 30.3 Å². The number of piperidine rings is 1. The quantitative estimate of drug-likeness (QED) is 0.842. The molecule has 0 aliphatic carbocycles. The number of rotatable bonds is 3. The average Bonchev–Trinajstić information content (AvgIpc) is 2.98. The predicted octanol–water partition coefficient (Wildman–Crippen LogP) is 4.05. The van der Waals surface area contributed by atoms with Crippen molar-refractivity contribution in [3.8, 4) is 11.4 Å². The highest BCUT2D eigenvalue weighted by Gasteiger charge is 2.27. The first-order valence-electron chi connectivity index (χ1n) is 9.28. The Kier molecular flexibility index (Phi) is 5.09. The monoisotopic (exact) mass is 342 g/mol. The standard InChI is InChI=1S/C19H26N4S/c1-2-7-13-22(12-6-1)17-11-8-14-23(15-17)19-20-18(21-24-19)16-9-4-3-5-10-16/h3-5,9-10,17H,1-2,6-8,11-15H2. The van der Waals surface area contributed by atoms with Crippen molar-refractivity contribution in [1.29, 1.82) is 0 Å². The number of anilines is 1. The number of nitrogens with zero attached hydrogens (tertiary/aromatic N) is 4. The average molecular weight is 343 g/mol. The van der Waals surface area contributed by atoms with Gasteiger partial charge in [-0.25, -0.2) is 0 Å². The van der Waals surface area contributed by atoms with Gasteiger partial charge in [0.05, 0.1) is 0 Å². The number of hydrogen-bond acceptors (Lipinski definition) is 5. The Morgan fingerprint density at radius 1 is 0.917 bits per heavy atom. The van der Waals surface area contributed by atoms with Gasteiger partial charge in [0.2, 0.25) is 5.13 Å². The summed E-state index contributed by atoms with van der Waals surface area (Å²) in [5.74, 6) is 0.868. The zero-order chi connectivity index (χ0) is 16.2. The van der Waals surface area contributed by atoms with Crippen LogP contribution in [0.4, 0.5) is 5.13 Å². The molecule has 24 heavy (non-hydrogen) atoms. The van der Waals surface area contributed by atoms with Crippen LogP contribution in [0.15, 0.2) is 30.3 Å². The molecular weight excluding hydrogens is 316 g/mol. The van der Waals surface area contributed by atoms with Gasteiger partial charge >= 0.3 is 0 Å². The summed E-state index contributed by atoms with van der Waals surface area (Å²) < 4.78 is 4.59. The van der Waals surface area contributed by atoms with Crippen LogP contribution in [-0.4, -0.2) is 46.5 Å². The van der Waals surface area contributed by atoms with Crippen molar-refractivity contribution in [2.24, 2.45) is 0 Å². The van der Waals surface area contributed by atoms with Gasteiger partial charge in [0.15, 0.2) is 5.82 Å². The van der Waals surface area contributed by atoms with Crippen molar-refractivity contribution in [3.63, 3.8) is 0 Å². The number of hydrogen-bond donors (Lipinski definition) is 0. The predicted molar refractivity (Wildman–Crippen MR) is 101 cm³/mol. The van der Waals surface area contributed by atoms with Crippen LogP contribution in [0.3, 0.4) is 0 Å². The summed E-state index contributed by atoms with van der Waals surface area (Å²) in [7, 11) is 0. The molecule has 128 valence electrons. The van der Waals surface area contributed by atoms with Gasteiger partial charge in [0.25, 0.3) is 0 Å². The van der Waals surface area contributed by atoms with E-state index in [0.717, 1.165) is 29.6 Å². The normalized spacial score (nSPS) is 23.2. The molecule has 0 spiro atoms. The van der Waals surface area contributed by atoms with E-state index in [4.69, 9.17) is 4.98 Å². The van der Waals surface area contributed by atoms with Gasteiger partial charge in [0, 0.05) is 36.2 Å². The first kappa shape index (κ1) is 16.0. The van der Waals surface area contributed by atoms with E-state index in [1.54, 1.807) is 11.5 Å². The molecule has 2 fully saturated rings. The molecule has 2 saturated heterocycles. The Labute approximate surface area is 148 Å². The van der Waals surface area contributed by atoms with E-state index in [0.29, 0.717) is 6.04 Å². The maximum atomic E-state index is 4.82. The molecule has 4 rings (SSSR count). The summed E-state index contributed by atoms with van der Waals surface area (Å²) in [4.78, 5) is 10.0. The minimum Gasteiger partial charge on any atom is -0.345 e. The fourth-order valence-corrected chi connectivity index (χ4v) is 4.66. The van der Waals surface area contributed by atoms with Crippen LogP contribution in [0.5, 0.6) is 0 Å². The molecule has 5 heteroatoms. The molecule has 2 aliphatic heterocycles. The molecule has 4 nitrogen and oxygen atoms in total. The van der Waals surface area contributed by atoms with Crippen molar-refractivity contribution in [2.45, 2.75) is 44.6 Å². The molecule has 0 amide bonds. The van der Waals surface area contributed by atoms with E-state index < -0.39 is 0 Å². The number of likely N-dealkylation sites (tertiary alicyclic amines) is 1. The molecule has 3 heterocycles. The number of aromatic nitrogens is 2. The van der Waals surface area contributed by atoms with Gasteiger partial charge in [-0.1, -0.05) is 43.2 Å². The SMILES string of the molecule is c1ccc(-c2nsc(N3CCCC(N4CCCCCC4)C3)n2)cc1. The van der Waals surface area contributed by atoms with E-state index >= 15 is 0 Å². The second-order valence-corrected chi connectivity index (χ2v) is 7.69. The molecule has 1 aromatic heterocycles. The minimum atomic E-state index is 0.695. The van der Waals surface area contributed by atoms with Crippen molar-refractivity contribution in [1.82, 2.24) is 14.3 Å². The Bertz CT molecular complexity index is 634. The first-order valence-corrected chi connectivity index (χ1v) is 10.1. The summed E-state index contributed by atoms with van der Waals surface area (Å²) in [6, 6.07) is 11.0. The topological polar surface area (TPSA) is 32.3 Å². The molecule has 0 saturated carbocycles. The molecule has 0 radical (unpaired) electrons. The van der Waals surface area contributed by atoms with E-state index in [-0.39, 0.29) is 0 Å². The Balaban J connectivity index is 1.45. The van der Waals surface area contributed by atoms with Gasteiger partial charge in [-0.15, -0.1) is 0 Å². The van der Waals surface area contributed by atoms with Crippen LogP contribution in [0.1, 0.15) is 38.5 Å². The molecule has 2 aromatic rings. The molecule has 0 bridgehead atoms. The lowest BCUT2D eigenvalue weighted by Crippen LogP contribution is -2.48. The third kappa shape index (κ3) is 3.62. The largest absolute Gasteiger partial charge is 0.345 e. The lowest BCUT2D eigenvalue weighted by molar-refractivity contribution is 0.182. The van der Waals surface area contributed by atoms with Crippen LogP contribution < -0.4 is 4.90 Å². The van der Waals surface area contributed by atoms with Crippen LogP contribution in [0.2, 0.25) is 0 Å². The van der Waals surface area contributed by atoms with Crippen LogP contribution >= 0.6 is 11.5 Å². The summed E-state index contributed by atoms with van der Waals surface area (Å²) in [5, 5.41) is 1.09.